The fourth-order valence-electron chi connectivity index (χ4n) is 2.30. The van der Waals surface area contributed by atoms with Gasteiger partial charge < -0.3 is 10.1 Å². The lowest BCUT2D eigenvalue weighted by atomic mass is 9.99. The highest BCUT2D eigenvalue weighted by atomic mass is 79.9. The lowest BCUT2D eigenvalue weighted by Gasteiger charge is -2.17. The number of ether oxygens (including phenoxy) is 1. The van der Waals surface area contributed by atoms with Crippen molar-refractivity contribution < 1.29 is 4.74 Å². The van der Waals surface area contributed by atoms with Crippen LogP contribution in [0.15, 0.2) is 46.9 Å². The molecule has 1 atom stereocenters. The van der Waals surface area contributed by atoms with Crippen LogP contribution in [0, 0.1) is 0 Å². The Morgan fingerprint density at radius 1 is 1.10 bits per heavy atom. The number of likely N-dealkylation sites (N-methyl/N-ethyl adjacent to an activating group) is 1. The molecule has 4 heteroatoms. The maximum Gasteiger partial charge on any atom is 0.133 e. The molecular formula is C17H19BrClNO. The minimum absolute atomic E-state index is 0.381. The molecule has 21 heavy (non-hydrogen) atoms. The lowest BCUT2D eigenvalue weighted by molar-refractivity contribution is 0.412. The van der Waals surface area contributed by atoms with Gasteiger partial charge in [0, 0.05) is 11.1 Å². The number of methoxy groups -OCH3 is 1. The fourth-order valence-corrected chi connectivity index (χ4v) is 3.02. The van der Waals surface area contributed by atoms with Gasteiger partial charge >= 0.3 is 0 Å². The summed E-state index contributed by atoms with van der Waals surface area (Å²) >= 11 is 9.46. The number of halogens is 2. The van der Waals surface area contributed by atoms with Crippen LogP contribution in [-0.4, -0.2) is 20.2 Å². The zero-order valence-corrected chi connectivity index (χ0v) is 14.5. The van der Waals surface area contributed by atoms with Crippen molar-refractivity contribution in [3.8, 4) is 5.75 Å². The molecule has 0 amide bonds. The van der Waals surface area contributed by atoms with E-state index in [1.165, 1.54) is 11.1 Å². The molecular weight excluding hydrogens is 350 g/mol. The maximum absolute atomic E-state index is 5.93. The summed E-state index contributed by atoms with van der Waals surface area (Å²) in [5.41, 5.74) is 2.56. The van der Waals surface area contributed by atoms with Gasteiger partial charge in [-0.25, -0.2) is 0 Å². The molecule has 1 unspecified atom stereocenters. The summed E-state index contributed by atoms with van der Waals surface area (Å²) in [6, 6.07) is 14.6. The molecule has 2 rings (SSSR count). The molecule has 0 spiro atoms. The number of nitrogens with one attached hydrogen (secondary N) is 1. The Balaban J connectivity index is 2.05. The fraction of sp³-hybridized carbons (Fsp3) is 0.294. The first kappa shape index (κ1) is 16.3. The Hall–Kier alpha value is -1.03. The average molecular weight is 369 g/mol. The van der Waals surface area contributed by atoms with Crippen LogP contribution in [0.5, 0.6) is 5.75 Å². The second-order valence-electron chi connectivity index (χ2n) is 4.99. The van der Waals surface area contributed by atoms with Gasteiger partial charge in [0.2, 0.25) is 0 Å². The van der Waals surface area contributed by atoms with Crippen molar-refractivity contribution in [3.05, 3.63) is 63.1 Å². The zero-order chi connectivity index (χ0) is 15.2. The summed E-state index contributed by atoms with van der Waals surface area (Å²) in [5, 5.41) is 4.16. The van der Waals surface area contributed by atoms with Crippen molar-refractivity contribution in [1.82, 2.24) is 5.32 Å². The van der Waals surface area contributed by atoms with E-state index in [1.807, 2.05) is 25.2 Å². The number of benzene rings is 2. The Morgan fingerprint density at radius 2 is 1.71 bits per heavy atom. The molecule has 0 radical (unpaired) electrons. The molecule has 0 bridgehead atoms. The van der Waals surface area contributed by atoms with E-state index in [9.17, 15) is 0 Å². The van der Waals surface area contributed by atoms with Crippen LogP contribution in [0.4, 0.5) is 0 Å². The third-order valence-corrected chi connectivity index (χ3v) is 4.37. The average Bonchev–Trinajstić information content (AvgIpc) is 2.49. The van der Waals surface area contributed by atoms with Gasteiger partial charge in [0.1, 0.15) is 5.75 Å². The summed E-state index contributed by atoms with van der Waals surface area (Å²) in [4.78, 5) is 0. The van der Waals surface area contributed by atoms with Crippen LogP contribution in [-0.2, 0) is 12.8 Å². The molecule has 1 N–H and O–H groups in total. The molecule has 0 aliphatic carbocycles. The van der Waals surface area contributed by atoms with Gasteiger partial charge in [-0.1, -0.05) is 29.8 Å². The zero-order valence-electron chi connectivity index (χ0n) is 12.2. The predicted molar refractivity (Wildman–Crippen MR) is 92.4 cm³/mol. The quantitative estimate of drug-likeness (QED) is 0.811. The van der Waals surface area contributed by atoms with E-state index in [1.54, 1.807) is 7.11 Å². The third-order valence-electron chi connectivity index (χ3n) is 3.50. The van der Waals surface area contributed by atoms with Crippen molar-refractivity contribution in [2.75, 3.05) is 14.2 Å². The Kier molecular flexibility index (Phi) is 6.09. The summed E-state index contributed by atoms with van der Waals surface area (Å²) in [7, 11) is 3.68. The predicted octanol–water partition coefficient (Wildman–Crippen LogP) is 4.48. The summed E-state index contributed by atoms with van der Waals surface area (Å²) in [6.45, 7) is 0. The van der Waals surface area contributed by atoms with Crippen LogP contribution in [0.2, 0.25) is 5.02 Å². The monoisotopic (exact) mass is 367 g/mol. The molecule has 0 aliphatic heterocycles. The van der Waals surface area contributed by atoms with Gasteiger partial charge in [0.15, 0.2) is 0 Å². The SMILES string of the molecule is CNC(Cc1ccc(Cl)cc1)Cc1ccc(OC)c(Br)c1. The highest BCUT2D eigenvalue weighted by molar-refractivity contribution is 9.10. The third kappa shape index (κ3) is 4.73. The maximum atomic E-state index is 5.93. The normalized spacial score (nSPS) is 12.2. The molecule has 0 aromatic heterocycles. The van der Waals surface area contributed by atoms with E-state index in [0.717, 1.165) is 28.1 Å². The highest BCUT2D eigenvalue weighted by Crippen LogP contribution is 2.26. The minimum atomic E-state index is 0.381. The second-order valence-corrected chi connectivity index (χ2v) is 6.28. The molecule has 0 heterocycles. The molecule has 112 valence electrons. The molecule has 0 saturated carbocycles. The van der Waals surface area contributed by atoms with Crippen LogP contribution in [0.3, 0.4) is 0 Å². The molecule has 2 aromatic carbocycles. The lowest BCUT2D eigenvalue weighted by Crippen LogP contribution is -2.29. The van der Waals surface area contributed by atoms with Gasteiger partial charge in [0.05, 0.1) is 11.6 Å². The van der Waals surface area contributed by atoms with E-state index in [0.29, 0.717) is 6.04 Å². The Labute approximate surface area is 139 Å². The van der Waals surface area contributed by atoms with Crippen molar-refractivity contribution >= 4 is 27.5 Å². The smallest absolute Gasteiger partial charge is 0.133 e. The Bertz CT molecular complexity index is 586. The summed E-state index contributed by atoms with van der Waals surface area (Å²) in [5.74, 6) is 0.859. The molecule has 0 aliphatic rings. The van der Waals surface area contributed by atoms with E-state index >= 15 is 0 Å². The van der Waals surface area contributed by atoms with Gasteiger partial charge in [0.25, 0.3) is 0 Å². The van der Waals surface area contributed by atoms with Crippen LogP contribution >= 0.6 is 27.5 Å². The van der Waals surface area contributed by atoms with E-state index < -0.39 is 0 Å². The molecule has 0 saturated heterocycles. The highest BCUT2D eigenvalue weighted by Gasteiger charge is 2.10. The van der Waals surface area contributed by atoms with Crippen molar-refractivity contribution in [2.45, 2.75) is 18.9 Å². The van der Waals surface area contributed by atoms with Gasteiger partial charge in [-0.05, 0) is 71.2 Å². The number of rotatable bonds is 6. The number of hydrogen-bond donors (Lipinski definition) is 1. The second kappa shape index (κ2) is 7.83. The van der Waals surface area contributed by atoms with E-state index in [2.05, 4.69) is 45.5 Å². The first-order chi connectivity index (χ1) is 10.1. The standard InChI is InChI=1S/C17H19BrClNO/c1-20-15(9-12-3-6-14(19)7-4-12)10-13-5-8-17(21-2)16(18)11-13/h3-8,11,15,20H,9-10H2,1-2H3. The molecule has 2 nitrogen and oxygen atoms in total. The van der Waals surface area contributed by atoms with Crippen LogP contribution in [0.25, 0.3) is 0 Å². The summed E-state index contributed by atoms with van der Waals surface area (Å²) in [6.07, 6.45) is 1.93. The van der Waals surface area contributed by atoms with Gasteiger partial charge in [-0.15, -0.1) is 0 Å². The van der Waals surface area contributed by atoms with Crippen LogP contribution < -0.4 is 10.1 Å². The first-order valence-electron chi connectivity index (χ1n) is 6.86. The largest absolute Gasteiger partial charge is 0.496 e. The van der Waals surface area contributed by atoms with Gasteiger partial charge in [-0.3, -0.25) is 0 Å². The van der Waals surface area contributed by atoms with Crippen molar-refractivity contribution in [3.63, 3.8) is 0 Å². The molecule has 2 aromatic rings. The minimum Gasteiger partial charge on any atom is -0.496 e. The number of hydrogen-bond acceptors (Lipinski definition) is 2. The molecule has 0 fully saturated rings. The van der Waals surface area contributed by atoms with Crippen molar-refractivity contribution in [2.24, 2.45) is 0 Å². The van der Waals surface area contributed by atoms with E-state index in [-0.39, 0.29) is 0 Å². The van der Waals surface area contributed by atoms with Gasteiger partial charge in [-0.2, -0.15) is 0 Å². The Morgan fingerprint density at radius 3 is 2.29 bits per heavy atom. The summed E-state index contributed by atoms with van der Waals surface area (Å²) < 4.78 is 6.25. The van der Waals surface area contributed by atoms with Crippen LogP contribution in [0.1, 0.15) is 11.1 Å². The van der Waals surface area contributed by atoms with Crippen molar-refractivity contribution in [1.29, 1.82) is 0 Å². The topological polar surface area (TPSA) is 21.3 Å². The first-order valence-corrected chi connectivity index (χ1v) is 8.03. The van der Waals surface area contributed by atoms with E-state index in [4.69, 9.17) is 16.3 Å².